The first-order valence-electron chi connectivity index (χ1n) is 12.9. The average Bonchev–Trinajstić information content (AvgIpc) is 3.42. The van der Waals surface area contributed by atoms with Crippen molar-refractivity contribution in [2.24, 2.45) is 16.8 Å². The molecule has 1 aliphatic heterocycles. The van der Waals surface area contributed by atoms with Gasteiger partial charge in [-0.15, -0.1) is 11.3 Å². The number of carboxylic acid groups (broad SMARTS) is 1. The number of ketones is 1. The Hall–Kier alpha value is -4.21. The number of alkyl carbamates (subject to hydrolysis) is 1. The first-order chi connectivity index (χ1) is 20.3. The Morgan fingerprint density at radius 3 is 2.56 bits per heavy atom. The third-order valence-corrected chi connectivity index (χ3v) is 7.71. The van der Waals surface area contributed by atoms with E-state index in [9.17, 15) is 37.3 Å². The van der Waals surface area contributed by atoms with Crippen LogP contribution in [0.1, 0.15) is 44.5 Å². The Kier molecular flexibility index (Phi) is 10.7. The number of carbonyl (C=O) groups excluding carboxylic acids is 3. The van der Waals surface area contributed by atoms with Crippen LogP contribution in [0.2, 0.25) is 0 Å². The zero-order chi connectivity index (χ0) is 31.9. The van der Waals surface area contributed by atoms with Gasteiger partial charge in [-0.25, -0.2) is 18.9 Å². The van der Waals surface area contributed by atoms with Crippen LogP contribution in [-0.2, 0) is 47.4 Å². The standard InChI is InChI=1S/C20H25N9O10S2.C2H6/c21-3-4-38-19(34)23-6-10-7-24-28(26-10)8-13-11(16(31)29(13)41(35,36)37)5-14(30)15(12-9-40-18(22)25-12)27-39-20(1-2-20)17(32)33;1-2/h7,9,11,13H,1-6,8,21H2,(H2,22,25)(H,23,34)(H,32,33)(H,35,36,37);1-2H3/b27-15-;/t11-,13+;/m0./s1. The molecule has 3 heterocycles. The van der Waals surface area contributed by atoms with E-state index in [1.54, 1.807) is 0 Å². The molecule has 2 aliphatic rings. The van der Waals surface area contributed by atoms with Gasteiger partial charge in [0.05, 0.1) is 31.2 Å². The van der Waals surface area contributed by atoms with E-state index >= 15 is 0 Å². The Labute approximate surface area is 249 Å². The highest BCUT2D eigenvalue weighted by Gasteiger charge is 2.56. The highest BCUT2D eigenvalue weighted by atomic mass is 32.2. The number of carboxylic acids is 1. The van der Waals surface area contributed by atoms with Crippen LogP contribution < -0.4 is 16.8 Å². The van der Waals surface area contributed by atoms with Gasteiger partial charge in [-0.1, -0.05) is 19.0 Å². The highest BCUT2D eigenvalue weighted by molar-refractivity contribution is 7.84. The van der Waals surface area contributed by atoms with Crippen molar-refractivity contribution in [1.29, 1.82) is 0 Å². The first-order valence-corrected chi connectivity index (χ1v) is 15.2. The lowest BCUT2D eigenvalue weighted by molar-refractivity contribution is -0.153. The van der Waals surface area contributed by atoms with E-state index in [-0.39, 0.29) is 59.9 Å². The van der Waals surface area contributed by atoms with Crippen LogP contribution in [0.5, 0.6) is 0 Å². The molecular formula is C22H31N9O10S2. The maximum atomic E-state index is 13.3. The lowest BCUT2D eigenvalue weighted by Gasteiger charge is -2.43. The van der Waals surface area contributed by atoms with Crippen LogP contribution in [0.15, 0.2) is 16.7 Å². The predicted octanol–water partition coefficient (Wildman–Crippen LogP) is -0.845. The lowest BCUT2D eigenvalue weighted by atomic mass is 9.84. The first kappa shape index (κ1) is 33.3. The predicted molar refractivity (Wildman–Crippen MR) is 148 cm³/mol. The van der Waals surface area contributed by atoms with Crippen molar-refractivity contribution >= 4 is 56.2 Å². The molecule has 0 spiro atoms. The number of aromatic nitrogens is 4. The Balaban J connectivity index is 0.00000248. The van der Waals surface area contributed by atoms with Crippen LogP contribution in [0.25, 0.3) is 0 Å². The van der Waals surface area contributed by atoms with E-state index in [2.05, 4.69) is 25.7 Å². The van der Waals surface area contributed by atoms with Crippen LogP contribution in [-0.4, -0.2) is 96.6 Å². The van der Waals surface area contributed by atoms with Crippen molar-refractivity contribution in [2.75, 3.05) is 18.9 Å². The molecule has 2 fully saturated rings. The molecule has 1 aliphatic carbocycles. The van der Waals surface area contributed by atoms with Crippen molar-refractivity contribution in [1.82, 2.24) is 29.6 Å². The summed E-state index contributed by atoms with van der Waals surface area (Å²) in [7, 11) is -5.00. The molecule has 1 saturated heterocycles. The molecule has 2 atom stereocenters. The van der Waals surface area contributed by atoms with Crippen LogP contribution in [0.4, 0.5) is 9.93 Å². The second-order valence-corrected chi connectivity index (χ2v) is 11.2. The number of amides is 2. The molecule has 2 aromatic heterocycles. The molecule has 1 saturated carbocycles. The summed E-state index contributed by atoms with van der Waals surface area (Å²) in [6.45, 7) is 3.70. The van der Waals surface area contributed by atoms with Gasteiger partial charge in [0.1, 0.15) is 18.0 Å². The summed E-state index contributed by atoms with van der Waals surface area (Å²) in [5, 5.41) is 25.0. The van der Waals surface area contributed by atoms with E-state index in [1.807, 2.05) is 13.8 Å². The minimum absolute atomic E-state index is 0.00858. The van der Waals surface area contributed by atoms with Gasteiger partial charge < -0.3 is 31.5 Å². The Morgan fingerprint density at radius 2 is 2.00 bits per heavy atom. The number of hydrogen-bond acceptors (Lipinski definition) is 15. The summed E-state index contributed by atoms with van der Waals surface area (Å²) in [6.07, 6.45) is 0.264. The lowest BCUT2D eigenvalue weighted by Crippen LogP contribution is -2.64. The maximum absolute atomic E-state index is 13.3. The summed E-state index contributed by atoms with van der Waals surface area (Å²) in [6, 6.07) is -1.28. The van der Waals surface area contributed by atoms with Crippen molar-refractivity contribution in [3.05, 3.63) is 23.0 Å². The van der Waals surface area contributed by atoms with Crippen molar-refractivity contribution < 1.29 is 46.8 Å². The van der Waals surface area contributed by atoms with E-state index in [0.717, 1.165) is 16.1 Å². The number of oxime groups is 1. The Bertz CT molecular complexity index is 1490. The zero-order valence-corrected chi connectivity index (χ0v) is 24.7. The summed E-state index contributed by atoms with van der Waals surface area (Å²) in [4.78, 5) is 59.2. The Morgan fingerprint density at radius 1 is 1.30 bits per heavy atom. The maximum Gasteiger partial charge on any atom is 0.407 e. The number of rotatable bonds is 14. The van der Waals surface area contributed by atoms with Gasteiger partial charge in [0.2, 0.25) is 11.5 Å². The number of nitrogens with two attached hydrogens (primary N) is 2. The van der Waals surface area contributed by atoms with Gasteiger partial charge in [-0.05, 0) is 0 Å². The molecule has 236 valence electrons. The van der Waals surface area contributed by atoms with E-state index in [4.69, 9.17) is 21.0 Å². The fraction of sp³-hybridized carbons (Fsp3) is 0.545. The number of anilines is 1. The van der Waals surface area contributed by atoms with Gasteiger partial charge in [-0.2, -0.15) is 23.4 Å². The quantitative estimate of drug-likeness (QED) is 0.0724. The number of β-lactam (4-membered cyclic amide) rings is 1. The van der Waals surface area contributed by atoms with Gasteiger partial charge >= 0.3 is 22.4 Å². The average molecular weight is 646 g/mol. The number of nitrogens with one attached hydrogen (secondary N) is 1. The normalized spacial score (nSPS) is 19.0. The molecule has 21 heteroatoms. The van der Waals surface area contributed by atoms with Crippen molar-refractivity contribution in [2.45, 2.75) is 57.8 Å². The molecule has 43 heavy (non-hydrogen) atoms. The second kappa shape index (κ2) is 13.8. The molecule has 0 aromatic carbocycles. The monoisotopic (exact) mass is 645 g/mol. The molecule has 7 N–H and O–H groups in total. The third kappa shape index (κ3) is 8.00. The number of hydrogen-bond donors (Lipinski definition) is 5. The van der Waals surface area contributed by atoms with Crippen LogP contribution in [0, 0.1) is 5.92 Å². The minimum Gasteiger partial charge on any atom is -0.478 e. The summed E-state index contributed by atoms with van der Waals surface area (Å²) >= 11 is 0.977. The van der Waals surface area contributed by atoms with Gasteiger partial charge in [0, 0.05) is 31.2 Å². The van der Waals surface area contributed by atoms with Crippen molar-refractivity contribution in [3.8, 4) is 0 Å². The molecule has 19 nitrogen and oxygen atoms in total. The number of nitrogen functional groups attached to an aromatic ring is 1. The third-order valence-electron chi connectivity index (χ3n) is 6.09. The van der Waals surface area contributed by atoms with Gasteiger partial charge in [-0.3, -0.25) is 14.1 Å². The highest BCUT2D eigenvalue weighted by Crippen LogP contribution is 2.40. The number of ether oxygens (including phenoxy) is 1. The minimum atomic E-state index is -5.00. The van der Waals surface area contributed by atoms with Gasteiger partial charge in [0.25, 0.3) is 0 Å². The van der Waals surface area contributed by atoms with Crippen LogP contribution >= 0.6 is 11.3 Å². The fourth-order valence-corrected chi connectivity index (χ4v) is 5.31. The SMILES string of the molecule is CC.NCCOC(=O)NCc1cnn(C[C@@H]2[C@H](CC(=O)/C(=N\OC3(C(=O)O)CC3)c3csc(N)n3)C(=O)N2S(=O)(=O)O)n1. The number of aliphatic carboxylic acids is 1. The molecule has 2 aromatic rings. The van der Waals surface area contributed by atoms with E-state index in [0.29, 0.717) is 0 Å². The topological polar surface area (TPSA) is 285 Å². The number of Topliss-reactive ketones (excluding diaryl/α,β-unsaturated/α-hetero) is 1. The zero-order valence-electron chi connectivity index (χ0n) is 23.1. The van der Waals surface area contributed by atoms with E-state index < -0.39 is 63.8 Å². The molecule has 0 bridgehead atoms. The smallest absolute Gasteiger partial charge is 0.407 e. The largest absolute Gasteiger partial charge is 0.478 e. The van der Waals surface area contributed by atoms with Gasteiger partial charge in [0.15, 0.2) is 16.6 Å². The summed E-state index contributed by atoms with van der Waals surface area (Å²) < 4.78 is 38.4. The van der Waals surface area contributed by atoms with Crippen molar-refractivity contribution in [3.63, 3.8) is 0 Å². The summed E-state index contributed by atoms with van der Waals surface area (Å²) in [5.41, 5.74) is 9.15. The molecule has 4 rings (SSSR count). The number of nitrogens with zero attached hydrogens (tertiary/aromatic N) is 6. The fourth-order valence-electron chi connectivity index (χ4n) is 3.84. The molecular weight excluding hydrogens is 614 g/mol. The molecule has 2 amide bonds. The number of thiazole rings is 1. The molecule has 0 unspecified atom stereocenters. The van der Waals surface area contributed by atoms with Crippen LogP contribution in [0.3, 0.4) is 0 Å². The second-order valence-electron chi connectivity index (χ2n) is 8.98. The van der Waals surface area contributed by atoms with E-state index in [1.165, 1.54) is 11.6 Å². The molecule has 0 radical (unpaired) electrons. The number of carbonyl (C=O) groups is 4. The summed E-state index contributed by atoms with van der Waals surface area (Å²) in [5.74, 6) is -4.41.